The number of morpholine rings is 1. The Morgan fingerprint density at radius 2 is 1.70 bits per heavy atom. The Labute approximate surface area is 175 Å². The van der Waals surface area contributed by atoms with Gasteiger partial charge in [-0.15, -0.1) is 0 Å². The second-order valence-corrected chi connectivity index (χ2v) is 7.30. The van der Waals surface area contributed by atoms with Crippen LogP contribution in [0.2, 0.25) is 0 Å². The molecule has 1 fully saturated rings. The number of rotatable bonds is 7. The SMILES string of the molecule is Cc1ccc(-c2ccc(-n3ncc(C(=O)O)c3OCCN3CCOCC3)cc2)cc1. The molecule has 30 heavy (non-hydrogen) atoms. The second kappa shape index (κ2) is 9.11. The summed E-state index contributed by atoms with van der Waals surface area (Å²) in [5.41, 5.74) is 4.23. The van der Waals surface area contributed by atoms with Crippen molar-refractivity contribution in [3.8, 4) is 22.7 Å². The van der Waals surface area contributed by atoms with E-state index in [1.54, 1.807) is 4.68 Å². The van der Waals surface area contributed by atoms with Crippen LogP contribution in [-0.2, 0) is 4.74 Å². The molecule has 0 unspecified atom stereocenters. The first-order valence-electron chi connectivity index (χ1n) is 10.0. The maximum absolute atomic E-state index is 11.6. The van der Waals surface area contributed by atoms with Gasteiger partial charge in [-0.2, -0.15) is 5.10 Å². The highest BCUT2D eigenvalue weighted by atomic mass is 16.5. The van der Waals surface area contributed by atoms with Gasteiger partial charge in [0, 0.05) is 19.6 Å². The van der Waals surface area contributed by atoms with Crippen LogP contribution in [0, 0.1) is 6.92 Å². The average Bonchev–Trinajstić information content (AvgIpc) is 3.19. The predicted molar refractivity (Wildman–Crippen MR) is 113 cm³/mol. The Kier molecular flexibility index (Phi) is 6.11. The lowest BCUT2D eigenvalue weighted by atomic mass is 10.0. The molecule has 1 saturated heterocycles. The van der Waals surface area contributed by atoms with Gasteiger partial charge in [-0.1, -0.05) is 42.0 Å². The number of carboxylic acid groups (broad SMARTS) is 1. The van der Waals surface area contributed by atoms with Crippen LogP contribution in [0.15, 0.2) is 54.7 Å². The second-order valence-electron chi connectivity index (χ2n) is 7.30. The summed E-state index contributed by atoms with van der Waals surface area (Å²) in [7, 11) is 0. The predicted octanol–water partition coefficient (Wildman–Crippen LogP) is 3.26. The summed E-state index contributed by atoms with van der Waals surface area (Å²) >= 11 is 0. The molecule has 0 spiro atoms. The first-order chi connectivity index (χ1) is 14.6. The molecular weight excluding hydrogens is 382 g/mol. The molecule has 2 aromatic carbocycles. The fourth-order valence-corrected chi connectivity index (χ4v) is 3.44. The summed E-state index contributed by atoms with van der Waals surface area (Å²) in [6.07, 6.45) is 1.33. The van der Waals surface area contributed by atoms with E-state index < -0.39 is 5.97 Å². The van der Waals surface area contributed by atoms with Crippen LogP contribution < -0.4 is 4.74 Å². The maximum Gasteiger partial charge on any atom is 0.342 e. The van der Waals surface area contributed by atoms with Crippen molar-refractivity contribution in [3.63, 3.8) is 0 Å². The number of aromatic nitrogens is 2. The molecule has 1 aromatic heterocycles. The van der Waals surface area contributed by atoms with Crippen molar-refractivity contribution in [2.75, 3.05) is 39.5 Å². The number of hydrogen-bond acceptors (Lipinski definition) is 5. The lowest BCUT2D eigenvalue weighted by molar-refractivity contribution is 0.0317. The molecule has 0 saturated carbocycles. The molecule has 3 aromatic rings. The highest BCUT2D eigenvalue weighted by Crippen LogP contribution is 2.26. The van der Waals surface area contributed by atoms with Crippen molar-refractivity contribution in [1.29, 1.82) is 0 Å². The summed E-state index contributed by atoms with van der Waals surface area (Å²) < 4.78 is 12.8. The number of benzene rings is 2. The lowest BCUT2D eigenvalue weighted by Gasteiger charge is -2.26. The molecule has 0 bridgehead atoms. The summed E-state index contributed by atoms with van der Waals surface area (Å²) in [6.45, 7) is 6.29. The minimum Gasteiger partial charge on any atom is -0.477 e. The smallest absolute Gasteiger partial charge is 0.342 e. The first-order valence-corrected chi connectivity index (χ1v) is 10.0. The number of carboxylic acids is 1. The standard InChI is InChI=1S/C23H25N3O4/c1-17-2-4-18(5-3-17)19-6-8-20(9-7-19)26-22(21(16-24-26)23(27)28)30-15-12-25-10-13-29-14-11-25/h2-9,16H,10-15H2,1H3,(H,27,28). The molecule has 0 radical (unpaired) electrons. The van der Waals surface area contributed by atoms with E-state index >= 15 is 0 Å². The number of ether oxygens (including phenoxy) is 2. The summed E-state index contributed by atoms with van der Waals surface area (Å²) in [4.78, 5) is 13.9. The molecule has 0 amide bonds. The van der Waals surface area contributed by atoms with Gasteiger partial charge >= 0.3 is 5.97 Å². The van der Waals surface area contributed by atoms with E-state index in [1.165, 1.54) is 11.8 Å². The average molecular weight is 407 g/mol. The minimum atomic E-state index is -1.06. The molecular formula is C23H25N3O4. The molecule has 7 heteroatoms. The van der Waals surface area contributed by atoms with Gasteiger partial charge in [0.15, 0.2) is 0 Å². The van der Waals surface area contributed by atoms with E-state index in [0.29, 0.717) is 26.4 Å². The number of hydrogen-bond donors (Lipinski definition) is 1. The summed E-state index contributed by atoms with van der Waals surface area (Å²) in [5.74, 6) is -0.808. The molecule has 0 atom stereocenters. The third-order valence-corrected chi connectivity index (χ3v) is 5.20. The van der Waals surface area contributed by atoms with Gasteiger partial charge in [-0.05, 0) is 30.2 Å². The fourth-order valence-electron chi connectivity index (χ4n) is 3.44. The van der Waals surface area contributed by atoms with Crippen molar-refractivity contribution >= 4 is 5.97 Å². The molecule has 2 heterocycles. The number of nitrogens with zero attached hydrogens (tertiary/aromatic N) is 3. The van der Waals surface area contributed by atoms with Crippen LogP contribution in [0.3, 0.4) is 0 Å². The van der Waals surface area contributed by atoms with Crippen LogP contribution in [0.4, 0.5) is 0 Å². The maximum atomic E-state index is 11.6. The Bertz CT molecular complexity index is 990. The molecule has 7 nitrogen and oxygen atoms in total. The monoisotopic (exact) mass is 407 g/mol. The number of aryl methyl sites for hydroxylation is 1. The highest BCUT2D eigenvalue weighted by molar-refractivity contribution is 5.90. The summed E-state index contributed by atoms with van der Waals surface area (Å²) in [6, 6.07) is 16.2. The Morgan fingerprint density at radius 3 is 2.33 bits per heavy atom. The van der Waals surface area contributed by atoms with E-state index in [2.05, 4.69) is 41.2 Å². The van der Waals surface area contributed by atoms with Gasteiger partial charge in [0.2, 0.25) is 5.88 Å². The van der Waals surface area contributed by atoms with E-state index in [1.807, 2.05) is 24.3 Å². The zero-order valence-corrected chi connectivity index (χ0v) is 17.0. The Morgan fingerprint density at radius 1 is 1.07 bits per heavy atom. The topological polar surface area (TPSA) is 76.8 Å². The molecule has 4 rings (SSSR count). The van der Waals surface area contributed by atoms with Crippen LogP contribution in [0.5, 0.6) is 5.88 Å². The molecule has 1 N–H and O–H groups in total. The number of carbonyl (C=O) groups is 1. The zero-order valence-electron chi connectivity index (χ0n) is 17.0. The first kappa shape index (κ1) is 20.1. The van der Waals surface area contributed by atoms with Crippen LogP contribution in [-0.4, -0.2) is 65.2 Å². The minimum absolute atomic E-state index is 0.0552. The van der Waals surface area contributed by atoms with Gasteiger partial charge in [-0.3, -0.25) is 4.90 Å². The zero-order chi connectivity index (χ0) is 20.9. The van der Waals surface area contributed by atoms with Crippen molar-refractivity contribution in [3.05, 3.63) is 65.9 Å². The van der Waals surface area contributed by atoms with Crippen LogP contribution >= 0.6 is 0 Å². The van der Waals surface area contributed by atoms with Gasteiger partial charge in [-0.25, -0.2) is 9.48 Å². The number of aromatic carboxylic acids is 1. The van der Waals surface area contributed by atoms with E-state index in [0.717, 1.165) is 29.9 Å². The van der Waals surface area contributed by atoms with Crippen LogP contribution in [0.25, 0.3) is 16.8 Å². The third kappa shape index (κ3) is 4.53. The molecule has 156 valence electrons. The van der Waals surface area contributed by atoms with E-state index in [9.17, 15) is 9.90 Å². The molecule has 1 aliphatic rings. The van der Waals surface area contributed by atoms with Crippen molar-refractivity contribution < 1.29 is 19.4 Å². The Balaban J connectivity index is 1.52. The summed E-state index contributed by atoms with van der Waals surface area (Å²) in [5, 5.41) is 13.8. The quantitative estimate of drug-likeness (QED) is 0.648. The molecule has 1 aliphatic heterocycles. The van der Waals surface area contributed by atoms with Gasteiger partial charge < -0.3 is 14.6 Å². The normalized spacial score (nSPS) is 14.6. The van der Waals surface area contributed by atoms with Crippen molar-refractivity contribution in [1.82, 2.24) is 14.7 Å². The molecule has 0 aliphatic carbocycles. The highest BCUT2D eigenvalue weighted by Gasteiger charge is 2.20. The van der Waals surface area contributed by atoms with Gasteiger partial charge in [0.05, 0.1) is 25.1 Å². The van der Waals surface area contributed by atoms with Gasteiger partial charge in [0.25, 0.3) is 0 Å². The van der Waals surface area contributed by atoms with E-state index in [-0.39, 0.29) is 11.4 Å². The third-order valence-electron chi connectivity index (χ3n) is 5.20. The lowest BCUT2D eigenvalue weighted by Crippen LogP contribution is -2.38. The van der Waals surface area contributed by atoms with Crippen molar-refractivity contribution in [2.24, 2.45) is 0 Å². The van der Waals surface area contributed by atoms with Gasteiger partial charge in [0.1, 0.15) is 12.2 Å². The van der Waals surface area contributed by atoms with E-state index in [4.69, 9.17) is 9.47 Å². The van der Waals surface area contributed by atoms with Crippen molar-refractivity contribution in [2.45, 2.75) is 6.92 Å². The van der Waals surface area contributed by atoms with Crippen LogP contribution in [0.1, 0.15) is 15.9 Å². The Hall–Kier alpha value is -3.16. The largest absolute Gasteiger partial charge is 0.477 e. The fraction of sp³-hybridized carbons (Fsp3) is 0.304.